The minimum Gasteiger partial charge on any atom is -0.355 e. The highest BCUT2D eigenvalue weighted by molar-refractivity contribution is 6.31. The van der Waals surface area contributed by atoms with Crippen molar-refractivity contribution in [2.24, 2.45) is 0 Å². The predicted molar refractivity (Wildman–Crippen MR) is 92.8 cm³/mol. The molecule has 1 N–H and O–H groups in total. The number of nitrogens with one attached hydrogen (secondary N) is 1. The molecule has 122 valence electrons. The molecule has 0 fully saturated rings. The maximum atomic E-state index is 12.5. The number of halogens is 1. The maximum absolute atomic E-state index is 12.5. The fraction of sp³-hybridized carbons (Fsp3) is 0.333. The fourth-order valence-electron chi connectivity index (χ4n) is 2.41. The summed E-state index contributed by atoms with van der Waals surface area (Å²) in [6.07, 6.45) is 2.44. The van der Waals surface area contributed by atoms with E-state index in [1.807, 2.05) is 38.1 Å². The quantitative estimate of drug-likeness (QED) is 0.827. The average molecular weight is 333 g/mol. The third-order valence-corrected chi connectivity index (χ3v) is 4.20. The van der Waals surface area contributed by atoms with Gasteiger partial charge in [-0.15, -0.1) is 0 Å². The van der Waals surface area contributed by atoms with Crippen LogP contribution in [0.5, 0.6) is 0 Å². The molecular weight excluding hydrogens is 312 g/mol. The van der Waals surface area contributed by atoms with Gasteiger partial charge in [0.15, 0.2) is 0 Å². The largest absolute Gasteiger partial charge is 0.355 e. The Hall–Kier alpha value is -2.07. The van der Waals surface area contributed by atoms with Gasteiger partial charge in [-0.05, 0) is 38.0 Å². The molecule has 5 heteroatoms. The van der Waals surface area contributed by atoms with Crippen molar-refractivity contribution in [2.45, 2.75) is 32.2 Å². The molecule has 1 heterocycles. The number of carbonyl (C=O) groups is 1. The van der Waals surface area contributed by atoms with Gasteiger partial charge in [-0.1, -0.05) is 35.9 Å². The smallest absolute Gasteiger partial charge is 0.250 e. The molecule has 2 aromatic rings. The van der Waals surface area contributed by atoms with Crippen LogP contribution in [0.25, 0.3) is 0 Å². The third-order valence-electron chi connectivity index (χ3n) is 3.88. The van der Waals surface area contributed by atoms with Crippen LogP contribution in [-0.4, -0.2) is 17.0 Å². The lowest BCUT2D eigenvalue weighted by molar-refractivity contribution is -0.125. The van der Waals surface area contributed by atoms with E-state index < -0.39 is 5.41 Å². The molecule has 0 atom stereocenters. The standard InChI is InChI=1S/C18H21ClN2O2/c1-18(2,14-8-3-4-9-15(14)19)17(23)20-11-7-13-21-12-6-5-10-16(21)22/h3-6,8-10,12H,7,11,13H2,1-2H3,(H,20,23). The maximum Gasteiger partial charge on any atom is 0.250 e. The van der Waals surface area contributed by atoms with E-state index in [2.05, 4.69) is 5.32 Å². The molecule has 2 rings (SSSR count). The van der Waals surface area contributed by atoms with Crippen LogP contribution < -0.4 is 10.9 Å². The van der Waals surface area contributed by atoms with E-state index in [9.17, 15) is 9.59 Å². The summed E-state index contributed by atoms with van der Waals surface area (Å²) < 4.78 is 1.63. The minimum absolute atomic E-state index is 0.0322. The molecule has 0 aliphatic carbocycles. The van der Waals surface area contributed by atoms with Crippen molar-refractivity contribution in [3.63, 3.8) is 0 Å². The van der Waals surface area contributed by atoms with Gasteiger partial charge in [-0.25, -0.2) is 0 Å². The number of nitrogens with zero attached hydrogens (tertiary/aromatic N) is 1. The van der Waals surface area contributed by atoms with Gasteiger partial charge < -0.3 is 9.88 Å². The first kappa shape index (κ1) is 17.3. The van der Waals surface area contributed by atoms with Crippen molar-refractivity contribution >= 4 is 17.5 Å². The van der Waals surface area contributed by atoms with Crippen molar-refractivity contribution < 1.29 is 4.79 Å². The second-order valence-electron chi connectivity index (χ2n) is 5.95. The van der Waals surface area contributed by atoms with E-state index in [-0.39, 0.29) is 11.5 Å². The van der Waals surface area contributed by atoms with E-state index in [0.717, 1.165) is 5.56 Å². The van der Waals surface area contributed by atoms with Gasteiger partial charge in [0, 0.05) is 30.4 Å². The zero-order valence-corrected chi connectivity index (χ0v) is 14.1. The van der Waals surface area contributed by atoms with E-state index in [1.165, 1.54) is 6.07 Å². The first-order valence-electron chi connectivity index (χ1n) is 7.61. The lowest BCUT2D eigenvalue weighted by atomic mass is 9.83. The highest BCUT2D eigenvalue weighted by Crippen LogP contribution is 2.29. The molecule has 0 unspecified atom stereocenters. The minimum atomic E-state index is -0.706. The van der Waals surface area contributed by atoms with Gasteiger partial charge >= 0.3 is 0 Å². The van der Waals surface area contributed by atoms with Crippen LogP contribution in [0.15, 0.2) is 53.5 Å². The molecule has 4 nitrogen and oxygen atoms in total. The number of pyridine rings is 1. The van der Waals surface area contributed by atoms with Gasteiger partial charge in [-0.2, -0.15) is 0 Å². The second-order valence-corrected chi connectivity index (χ2v) is 6.35. The van der Waals surface area contributed by atoms with Crippen molar-refractivity contribution in [3.05, 3.63) is 69.6 Å². The number of hydrogen-bond acceptors (Lipinski definition) is 2. The number of benzene rings is 1. The second kappa shape index (κ2) is 7.47. The topological polar surface area (TPSA) is 51.1 Å². The molecule has 0 spiro atoms. The van der Waals surface area contributed by atoms with Gasteiger partial charge in [0.05, 0.1) is 5.41 Å². The average Bonchev–Trinajstić information content (AvgIpc) is 2.53. The Morgan fingerprint density at radius 3 is 2.57 bits per heavy atom. The Morgan fingerprint density at radius 1 is 1.17 bits per heavy atom. The van der Waals surface area contributed by atoms with Crippen LogP contribution in [0.1, 0.15) is 25.8 Å². The summed E-state index contributed by atoms with van der Waals surface area (Å²) in [5, 5.41) is 3.51. The molecule has 1 aromatic heterocycles. The van der Waals surface area contributed by atoms with Gasteiger partial charge in [0.1, 0.15) is 0 Å². The Balaban J connectivity index is 1.91. The van der Waals surface area contributed by atoms with Crippen LogP contribution in [0, 0.1) is 0 Å². The highest BCUT2D eigenvalue weighted by Gasteiger charge is 2.31. The third kappa shape index (κ3) is 4.23. The van der Waals surface area contributed by atoms with Crippen LogP contribution in [-0.2, 0) is 16.8 Å². The molecule has 0 saturated heterocycles. The summed E-state index contributed by atoms with van der Waals surface area (Å²) in [7, 11) is 0. The summed E-state index contributed by atoms with van der Waals surface area (Å²) in [4.78, 5) is 24.0. The molecule has 1 amide bonds. The number of aromatic nitrogens is 1. The zero-order valence-electron chi connectivity index (χ0n) is 13.4. The van der Waals surface area contributed by atoms with Crippen LogP contribution in [0.3, 0.4) is 0 Å². The normalized spacial score (nSPS) is 11.3. The molecule has 0 saturated carbocycles. The Kier molecular flexibility index (Phi) is 5.61. The van der Waals surface area contributed by atoms with Crippen molar-refractivity contribution in [3.8, 4) is 0 Å². The van der Waals surface area contributed by atoms with E-state index in [0.29, 0.717) is 24.5 Å². The molecule has 0 radical (unpaired) electrons. The fourth-order valence-corrected chi connectivity index (χ4v) is 2.78. The van der Waals surface area contributed by atoms with Crippen molar-refractivity contribution in [1.82, 2.24) is 9.88 Å². The van der Waals surface area contributed by atoms with Crippen LogP contribution in [0.4, 0.5) is 0 Å². The van der Waals surface area contributed by atoms with Crippen LogP contribution >= 0.6 is 11.6 Å². The Morgan fingerprint density at radius 2 is 1.87 bits per heavy atom. The Bertz CT molecular complexity index is 738. The molecular formula is C18H21ClN2O2. The van der Waals surface area contributed by atoms with E-state index in [4.69, 9.17) is 11.6 Å². The zero-order chi connectivity index (χ0) is 16.9. The van der Waals surface area contributed by atoms with E-state index >= 15 is 0 Å². The van der Waals surface area contributed by atoms with Gasteiger partial charge in [0.25, 0.3) is 0 Å². The van der Waals surface area contributed by atoms with Gasteiger partial charge in [0.2, 0.25) is 11.5 Å². The molecule has 0 bridgehead atoms. The lowest BCUT2D eigenvalue weighted by Gasteiger charge is -2.25. The van der Waals surface area contributed by atoms with Crippen molar-refractivity contribution in [1.29, 1.82) is 0 Å². The molecule has 0 aliphatic rings. The molecule has 23 heavy (non-hydrogen) atoms. The molecule has 1 aromatic carbocycles. The monoisotopic (exact) mass is 332 g/mol. The predicted octanol–water partition coefficient (Wildman–Crippen LogP) is 2.99. The first-order chi connectivity index (χ1) is 10.9. The summed E-state index contributed by atoms with van der Waals surface area (Å²) in [6, 6.07) is 12.4. The van der Waals surface area contributed by atoms with Crippen molar-refractivity contribution in [2.75, 3.05) is 6.54 Å². The first-order valence-corrected chi connectivity index (χ1v) is 7.99. The SMILES string of the molecule is CC(C)(C(=O)NCCCn1ccccc1=O)c1ccccc1Cl. The number of aryl methyl sites for hydroxylation is 1. The van der Waals surface area contributed by atoms with Crippen LogP contribution in [0.2, 0.25) is 5.02 Å². The number of hydrogen-bond donors (Lipinski definition) is 1. The number of carbonyl (C=O) groups excluding carboxylic acids is 1. The Labute approximate surface area is 141 Å². The van der Waals surface area contributed by atoms with E-state index in [1.54, 1.807) is 22.9 Å². The summed E-state index contributed by atoms with van der Waals surface area (Å²) in [5.74, 6) is -0.0778. The summed E-state index contributed by atoms with van der Waals surface area (Å²) >= 11 is 6.19. The highest BCUT2D eigenvalue weighted by atomic mass is 35.5. The lowest BCUT2D eigenvalue weighted by Crippen LogP contribution is -2.41. The van der Waals surface area contributed by atoms with Gasteiger partial charge in [-0.3, -0.25) is 9.59 Å². The molecule has 0 aliphatic heterocycles. The summed E-state index contributed by atoms with van der Waals surface area (Å²) in [6.45, 7) is 4.79. The number of amides is 1. The number of rotatable bonds is 6. The summed E-state index contributed by atoms with van der Waals surface area (Å²) in [5.41, 5.74) is 0.0655.